The van der Waals surface area contributed by atoms with Crippen molar-refractivity contribution in [1.82, 2.24) is 30.5 Å². The lowest BCUT2D eigenvalue weighted by Crippen LogP contribution is -2.15. The van der Waals surface area contributed by atoms with Crippen LogP contribution in [0, 0.1) is 0 Å². The third-order valence-corrected chi connectivity index (χ3v) is 2.83. The van der Waals surface area contributed by atoms with Crippen molar-refractivity contribution < 1.29 is 9.42 Å². The smallest absolute Gasteiger partial charge is 0.208 e. The summed E-state index contributed by atoms with van der Waals surface area (Å²) in [7, 11) is 0. The number of Topliss-reactive ketones (excluding diaryl/α,β-unsaturated/α-hetero) is 1. The van der Waals surface area contributed by atoms with E-state index in [0.717, 1.165) is 5.56 Å². The van der Waals surface area contributed by atoms with Crippen molar-refractivity contribution in [3.8, 4) is 11.5 Å². The summed E-state index contributed by atoms with van der Waals surface area (Å²) in [6, 6.07) is 9.43. The minimum Gasteiger partial charge on any atom is -0.379 e. The maximum absolute atomic E-state index is 12.1. The number of tetrazole rings is 1. The first kappa shape index (κ1) is 12.9. The van der Waals surface area contributed by atoms with Gasteiger partial charge in [0.05, 0.1) is 0 Å². The van der Waals surface area contributed by atoms with E-state index in [-0.39, 0.29) is 29.7 Å². The van der Waals surface area contributed by atoms with E-state index in [1.807, 2.05) is 30.3 Å². The van der Waals surface area contributed by atoms with Gasteiger partial charge in [0.25, 0.3) is 0 Å². The average molecular weight is 285 g/mol. The summed E-state index contributed by atoms with van der Waals surface area (Å²) >= 11 is 0. The third kappa shape index (κ3) is 2.76. The van der Waals surface area contributed by atoms with E-state index in [9.17, 15) is 4.79 Å². The fourth-order valence-electron chi connectivity index (χ4n) is 1.88. The van der Waals surface area contributed by atoms with Crippen molar-refractivity contribution >= 4 is 11.6 Å². The van der Waals surface area contributed by atoms with Crippen LogP contribution in [0.15, 0.2) is 35.0 Å². The predicted octanol–water partition coefficient (Wildman–Crippen LogP) is 0.117. The number of hydrogen-bond acceptors (Lipinski definition) is 8. The molecule has 0 aliphatic heterocycles. The Labute approximate surface area is 118 Å². The van der Waals surface area contributed by atoms with Crippen LogP contribution in [0.5, 0.6) is 0 Å². The summed E-state index contributed by atoms with van der Waals surface area (Å²) in [6.45, 7) is 0.0174. The van der Waals surface area contributed by atoms with Gasteiger partial charge in [0, 0.05) is 6.42 Å². The van der Waals surface area contributed by atoms with Gasteiger partial charge in [0.1, 0.15) is 6.54 Å². The standard InChI is InChI=1S/C12H11N7O2/c13-11-10(15-21-16-11)12-14-17-18-19(12)7-9(20)6-8-4-2-1-3-5-8/h1-5H,6-7H2,(H2,13,16). The van der Waals surface area contributed by atoms with Gasteiger partial charge in [-0.15, -0.1) is 5.10 Å². The summed E-state index contributed by atoms with van der Waals surface area (Å²) < 4.78 is 5.83. The van der Waals surface area contributed by atoms with Crippen molar-refractivity contribution in [2.24, 2.45) is 0 Å². The van der Waals surface area contributed by atoms with E-state index in [1.165, 1.54) is 4.68 Å². The molecule has 0 aliphatic carbocycles. The lowest BCUT2D eigenvalue weighted by atomic mass is 10.1. The molecular formula is C12H11N7O2. The summed E-state index contributed by atoms with van der Waals surface area (Å²) in [5.41, 5.74) is 6.74. The first-order chi connectivity index (χ1) is 10.2. The maximum atomic E-state index is 12.1. The highest BCUT2D eigenvalue weighted by Gasteiger charge is 2.19. The highest BCUT2D eigenvalue weighted by Crippen LogP contribution is 2.18. The lowest BCUT2D eigenvalue weighted by Gasteiger charge is -2.02. The van der Waals surface area contributed by atoms with Gasteiger partial charge in [-0.25, -0.2) is 9.31 Å². The molecule has 0 unspecified atom stereocenters. The largest absolute Gasteiger partial charge is 0.379 e. The zero-order valence-electron chi connectivity index (χ0n) is 10.9. The molecule has 0 spiro atoms. The monoisotopic (exact) mass is 285 g/mol. The molecule has 0 radical (unpaired) electrons. The number of anilines is 1. The summed E-state index contributed by atoms with van der Waals surface area (Å²) in [5, 5.41) is 18.2. The zero-order valence-corrected chi connectivity index (χ0v) is 10.9. The van der Waals surface area contributed by atoms with Crippen LogP contribution in [0.4, 0.5) is 5.82 Å². The molecule has 0 atom stereocenters. The van der Waals surface area contributed by atoms with Crippen LogP contribution in [0.2, 0.25) is 0 Å². The molecule has 3 aromatic rings. The second-order valence-electron chi connectivity index (χ2n) is 4.36. The molecule has 0 saturated carbocycles. The Hall–Kier alpha value is -3.10. The predicted molar refractivity (Wildman–Crippen MR) is 70.7 cm³/mol. The molecule has 9 nitrogen and oxygen atoms in total. The molecule has 2 aromatic heterocycles. The number of rotatable bonds is 5. The Morgan fingerprint density at radius 3 is 2.76 bits per heavy atom. The number of carbonyl (C=O) groups excluding carboxylic acids is 1. The molecule has 2 heterocycles. The van der Waals surface area contributed by atoms with E-state index in [1.54, 1.807) is 0 Å². The quantitative estimate of drug-likeness (QED) is 0.700. The third-order valence-electron chi connectivity index (χ3n) is 2.83. The van der Waals surface area contributed by atoms with E-state index in [0.29, 0.717) is 6.42 Å². The number of benzene rings is 1. The van der Waals surface area contributed by atoms with Crippen molar-refractivity contribution in [2.45, 2.75) is 13.0 Å². The second kappa shape index (κ2) is 5.49. The molecule has 0 aliphatic rings. The van der Waals surface area contributed by atoms with Gasteiger partial charge < -0.3 is 5.73 Å². The Balaban J connectivity index is 1.76. The van der Waals surface area contributed by atoms with Gasteiger partial charge in [-0.1, -0.05) is 30.3 Å². The first-order valence-electron chi connectivity index (χ1n) is 6.14. The normalized spacial score (nSPS) is 10.7. The maximum Gasteiger partial charge on any atom is 0.208 e. The number of hydrogen-bond donors (Lipinski definition) is 1. The van der Waals surface area contributed by atoms with E-state index in [2.05, 4.69) is 30.5 Å². The number of nitrogens with zero attached hydrogens (tertiary/aromatic N) is 6. The number of ketones is 1. The SMILES string of the molecule is Nc1nonc1-c1nnnn1CC(=O)Cc1ccccc1. The number of nitrogens with two attached hydrogens (primary N) is 1. The Morgan fingerprint density at radius 1 is 1.24 bits per heavy atom. The van der Waals surface area contributed by atoms with Crippen LogP contribution in [0.25, 0.3) is 11.5 Å². The van der Waals surface area contributed by atoms with Crippen LogP contribution in [-0.2, 0) is 17.8 Å². The molecule has 21 heavy (non-hydrogen) atoms. The second-order valence-corrected chi connectivity index (χ2v) is 4.36. The zero-order chi connectivity index (χ0) is 14.7. The Bertz CT molecular complexity index is 750. The molecule has 106 valence electrons. The van der Waals surface area contributed by atoms with Crippen LogP contribution < -0.4 is 5.73 Å². The van der Waals surface area contributed by atoms with Crippen molar-refractivity contribution in [3.63, 3.8) is 0 Å². The van der Waals surface area contributed by atoms with E-state index >= 15 is 0 Å². The van der Waals surface area contributed by atoms with Gasteiger partial charge in [-0.3, -0.25) is 4.79 Å². The average Bonchev–Trinajstić information content (AvgIpc) is 3.08. The Kier molecular flexibility index (Phi) is 3.37. The highest BCUT2D eigenvalue weighted by atomic mass is 16.6. The first-order valence-corrected chi connectivity index (χ1v) is 6.14. The molecule has 2 N–H and O–H groups in total. The van der Waals surface area contributed by atoms with E-state index in [4.69, 9.17) is 5.73 Å². The molecule has 0 saturated heterocycles. The molecule has 3 rings (SSSR count). The summed E-state index contributed by atoms with van der Waals surface area (Å²) in [6.07, 6.45) is 0.298. The van der Waals surface area contributed by atoms with Crippen molar-refractivity contribution in [1.29, 1.82) is 0 Å². The van der Waals surface area contributed by atoms with Crippen LogP contribution in [-0.4, -0.2) is 36.3 Å². The minimum absolute atomic E-state index is 0.0174. The van der Waals surface area contributed by atoms with Crippen LogP contribution >= 0.6 is 0 Å². The van der Waals surface area contributed by atoms with Gasteiger partial charge in [0.15, 0.2) is 17.3 Å². The number of carbonyl (C=O) groups is 1. The fourth-order valence-corrected chi connectivity index (χ4v) is 1.88. The molecule has 0 fully saturated rings. The van der Waals surface area contributed by atoms with Crippen molar-refractivity contribution in [2.75, 3.05) is 5.73 Å². The highest BCUT2D eigenvalue weighted by molar-refractivity contribution is 5.81. The van der Waals surface area contributed by atoms with Gasteiger partial charge in [-0.2, -0.15) is 0 Å². The number of aromatic nitrogens is 6. The summed E-state index contributed by atoms with van der Waals surface area (Å²) in [4.78, 5) is 12.1. The van der Waals surface area contributed by atoms with Crippen LogP contribution in [0.3, 0.4) is 0 Å². The van der Waals surface area contributed by atoms with E-state index < -0.39 is 0 Å². The van der Waals surface area contributed by atoms with Gasteiger partial charge in [0.2, 0.25) is 5.82 Å². The number of nitrogen functional groups attached to an aromatic ring is 1. The minimum atomic E-state index is -0.0372. The van der Waals surface area contributed by atoms with Gasteiger partial charge >= 0.3 is 0 Å². The molecule has 1 aromatic carbocycles. The van der Waals surface area contributed by atoms with Crippen LogP contribution in [0.1, 0.15) is 5.56 Å². The molecule has 0 bridgehead atoms. The lowest BCUT2D eigenvalue weighted by molar-refractivity contribution is -0.119. The van der Waals surface area contributed by atoms with Crippen molar-refractivity contribution in [3.05, 3.63) is 35.9 Å². The summed E-state index contributed by atoms with van der Waals surface area (Å²) in [5.74, 6) is 0.279. The Morgan fingerprint density at radius 2 is 2.05 bits per heavy atom. The van der Waals surface area contributed by atoms with Gasteiger partial charge in [-0.05, 0) is 26.3 Å². The fraction of sp³-hybridized carbons (Fsp3) is 0.167. The molecule has 0 amide bonds. The molecular weight excluding hydrogens is 274 g/mol. The topological polar surface area (TPSA) is 126 Å². The molecule has 9 heteroatoms.